The molecular formula is C14H16N2O2S. The van der Waals surface area contributed by atoms with Gasteiger partial charge in [-0.1, -0.05) is 12.1 Å². The van der Waals surface area contributed by atoms with Gasteiger partial charge in [0.1, 0.15) is 5.75 Å². The summed E-state index contributed by atoms with van der Waals surface area (Å²) in [5, 5.41) is 3.43. The number of hydrogen-bond acceptors (Lipinski definition) is 4. The van der Waals surface area contributed by atoms with Crippen molar-refractivity contribution in [1.29, 1.82) is 0 Å². The number of hydrogen-bond donors (Lipinski definition) is 1. The third-order valence-corrected chi connectivity index (χ3v) is 3.53. The Kier molecular flexibility index (Phi) is 4.16. The fourth-order valence-corrected chi connectivity index (χ4v) is 2.42. The number of nitrogens with zero attached hydrogens (tertiary/aromatic N) is 1. The lowest BCUT2D eigenvalue weighted by Crippen LogP contribution is -2.14. The number of aromatic nitrogens is 1. The van der Waals surface area contributed by atoms with E-state index in [0.29, 0.717) is 11.6 Å². The molecule has 0 saturated carbocycles. The van der Waals surface area contributed by atoms with Crippen LogP contribution in [0.15, 0.2) is 24.4 Å². The van der Waals surface area contributed by atoms with Crippen LogP contribution >= 0.6 is 11.3 Å². The third-order valence-electron chi connectivity index (χ3n) is 2.70. The van der Waals surface area contributed by atoms with Gasteiger partial charge in [-0.25, -0.2) is 4.98 Å². The van der Waals surface area contributed by atoms with E-state index in [1.807, 2.05) is 32.0 Å². The molecule has 1 heterocycles. The Labute approximate surface area is 116 Å². The van der Waals surface area contributed by atoms with Gasteiger partial charge in [-0.15, -0.1) is 11.3 Å². The van der Waals surface area contributed by atoms with Crippen LogP contribution in [0.2, 0.25) is 0 Å². The molecule has 0 radical (unpaired) electrons. The second-order valence-electron chi connectivity index (χ2n) is 4.30. The fourth-order valence-electron chi connectivity index (χ4n) is 1.74. The van der Waals surface area contributed by atoms with Crippen LogP contribution in [0.1, 0.15) is 16.0 Å². The van der Waals surface area contributed by atoms with Crippen LogP contribution in [0, 0.1) is 13.8 Å². The number of carbonyl (C=O) groups excluding carboxylic acids is 1. The van der Waals surface area contributed by atoms with Gasteiger partial charge in [0, 0.05) is 11.1 Å². The van der Waals surface area contributed by atoms with E-state index in [9.17, 15) is 4.79 Å². The van der Waals surface area contributed by atoms with Gasteiger partial charge in [-0.3, -0.25) is 4.79 Å². The van der Waals surface area contributed by atoms with Crippen molar-refractivity contribution in [3.63, 3.8) is 0 Å². The minimum atomic E-state index is -0.0692. The topological polar surface area (TPSA) is 51.2 Å². The van der Waals surface area contributed by atoms with Gasteiger partial charge in [0.15, 0.2) is 5.13 Å². The quantitative estimate of drug-likeness (QED) is 0.934. The van der Waals surface area contributed by atoms with Crippen LogP contribution in [-0.4, -0.2) is 18.0 Å². The summed E-state index contributed by atoms with van der Waals surface area (Å²) >= 11 is 1.47. The summed E-state index contributed by atoms with van der Waals surface area (Å²) in [7, 11) is 1.63. The fraction of sp³-hybridized carbons (Fsp3) is 0.286. The molecule has 2 aromatic rings. The summed E-state index contributed by atoms with van der Waals surface area (Å²) < 4.78 is 5.25. The summed E-state index contributed by atoms with van der Waals surface area (Å²) in [6.45, 7) is 3.93. The van der Waals surface area contributed by atoms with Crippen LogP contribution in [0.5, 0.6) is 5.75 Å². The molecule has 0 aliphatic heterocycles. The molecule has 0 atom stereocenters. The van der Waals surface area contributed by atoms with E-state index >= 15 is 0 Å². The van der Waals surface area contributed by atoms with Crippen molar-refractivity contribution in [3.8, 4) is 5.75 Å². The highest BCUT2D eigenvalue weighted by atomic mass is 32.1. The van der Waals surface area contributed by atoms with E-state index < -0.39 is 0 Å². The molecule has 1 amide bonds. The maximum atomic E-state index is 11.9. The first kappa shape index (κ1) is 13.5. The number of carbonyl (C=O) groups is 1. The zero-order chi connectivity index (χ0) is 13.8. The predicted molar refractivity (Wildman–Crippen MR) is 76.9 cm³/mol. The molecule has 0 unspecified atom stereocenters. The highest BCUT2D eigenvalue weighted by Crippen LogP contribution is 2.20. The molecule has 0 fully saturated rings. The van der Waals surface area contributed by atoms with Crippen LogP contribution in [0.25, 0.3) is 0 Å². The number of aryl methyl sites for hydroxylation is 2. The van der Waals surface area contributed by atoms with E-state index in [1.165, 1.54) is 11.3 Å². The Morgan fingerprint density at radius 2 is 2.21 bits per heavy atom. The molecular weight excluding hydrogens is 260 g/mol. The molecule has 2 rings (SSSR count). The first-order valence-electron chi connectivity index (χ1n) is 5.94. The van der Waals surface area contributed by atoms with Crippen molar-refractivity contribution >= 4 is 22.4 Å². The molecule has 0 bridgehead atoms. The highest BCUT2D eigenvalue weighted by Gasteiger charge is 2.08. The Balaban J connectivity index is 2.02. The molecule has 5 heteroatoms. The average Bonchev–Trinajstić information content (AvgIpc) is 2.77. The van der Waals surface area contributed by atoms with E-state index in [1.54, 1.807) is 13.3 Å². The molecule has 100 valence electrons. The number of ether oxygens (including phenoxy) is 1. The maximum Gasteiger partial charge on any atom is 0.230 e. The number of methoxy groups -OCH3 is 1. The zero-order valence-corrected chi connectivity index (χ0v) is 12.0. The van der Waals surface area contributed by atoms with Gasteiger partial charge in [-0.2, -0.15) is 0 Å². The Bertz CT molecular complexity index is 593. The number of rotatable bonds is 4. The molecule has 0 spiro atoms. The van der Waals surface area contributed by atoms with E-state index in [2.05, 4.69) is 10.3 Å². The summed E-state index contributed by atoms with van der Waals surface area (Å²) in [6.07, 6.45) is 2.06. The lowest BCUT2D eigenvalue weighted by atomic mass is 10.1. The maximum absolute atomic E-state index is 11.9. The standard InChI is InChI=1S/C14H16N2O2S/c1-9-4-5-11(6-12(9)18-3)7-13(17)16-14-15-8-10(2)19-14/h4-6,8H,7H2,1-3H3,(H,15,16,17). The Hall–Kier alpha value is -1.88. The van der Waals surface area contributed by atoms with Crippen molar-refractivity contribution in [2.75, 3.05) is 12.4 Å². The van der Waals surface area contributed by atoms with Gasteiger partial charge < -0.3 is 10.1 Å². The monoisotopic (exact) mass is 276 g/mol. The summed E-state index contributed by atoms with van der Waals surface area (Å²) in [6, 6.07) is 5.78. The van der Waals surface area contributed by atoms with E-state index in [4.69, 9.17) is 4.74 Å². The second-order valence-corrected chi connectivity index (χ2v) is 5.54. The van der Waals surface area contributed by atoms with Gasteiger partial charge in [-0.05, 0) is 31.0 Å². The summed E-state index contributed by atoms with van der Waals surface area (Å²) in [5.74, 6) is 0.732. The highest BCUT2D eigenvalue weighted by molar-refractivity contribution is 7.15. The lowest BCUT2D eigenvalue weighted by Gasteiger charge is -2.07. The SMILES string of the molecule is COc1cc(CC(=O)Nc2ncc(C)s2)ccc1C. The number of thiazole rings is 1. The Morgan fingerprint density at radius 3 is 2.84 bits per heavy atom. The van der Waals surface area contributed by atoms with Crippen molar-refractivity contribution in [3.05, 3.63) is 40.4 Å². The smallest absolute Gasteiger partial charge is 0.230 e. The molecule has 19 heavy (non-hydrogen) atoms. The molecule has 0 saturated heterocycles. The zero-order valence-electron chi connectivity index (χ0n) is 11.2. The normalized spacial score (nSPS) is 10.3. The van der Waals surface area contributed by atoms with Crippen molar-refractivity contribution in [2.45, 2.75) is 20.3 Å². The first-order chi connectivity index (χ1) is 9.08. The molecule has 0 aliphatic carbocycles. The Morgan fingerprint density at radius 1 is 1.42 bits per heavy atom. The first-order valence-corrected chi connectivity index (χ1v) is 6.76. The molecule has 1 N–H and O–H groups in total. The van der Waals surface area contributed by atoms with Crippen LogP contribution in [-0.2, 0) is 11.2 Å². The summed E-state index contributed by atoms with van der Waals surface area (Å²) in [5.41, 5.74) is 1.98. The number of anilines is 1. The average molecular weight is 276 g/mol. The van der Waals surface area contributed by atoms with E-state index in [0.717, 1.165) is 21.8 Å². The molecule has 4 nitrogen and oxygen atoms in total. The molecule has 1 aromatic heterocycles. The van der Waals surface area contributed by atoms with Gasteiger partial charge >= 0.3 is 0 Å². The van der Waals surface area contributed by atoms with E-state index in [-0.39, 0.29) is 5.91 Å². The van der Waals surface area contributed by atoms with Gasteiger partial charge in [0.05, 0.1) is 13.5 Å². The number of amides is 1. The van der Waals surface area contributed by atoms with Crippen LogP contribution in [0.3, 0.4) is 0 Å². The number of nitrogens with one attached hydrogen (secondary N) is 1. The van der Waals surface area contributed by atoms with Crippen LogP contribution in [0.4, 0.5) is 5.13 Å². The minimum Gasteiger partial charge on any atom is -0.496 e. The third kappa shape index (κ3) is 3.54. The van der Waals surface area contributed by atoms with Crippen molar-refractivity contribution in [1.82, 2.24) is 4.98 Å². The lowest BCUT2D eigenvalue weighted by molar-refractivity contribution is -0.115. The van der Waals surface area contributed by atoms with Crippen LogP contribution < -0.4 is 10.1 Å². The van der Waals surface area contributed by atoms with Crippen molar-refractivity contribution < 1.29 is 9.53 Å². The minimum absolute atomic E-state index is 0.0692. The molecule has 1 aromatic carbocycles. The van der Waals surface area contributed by atoms with Gasteiger partial charge in [0.2, 0.25) is 5.91 Å². The largest absolute Gasteiger partial charge is 0.496 e. The van der Waals surface area contributed by atoms with Crippen molar-refractivity contribution in [2.24, 2.45) is 0 Å². The number of benzene rings is 1. The molecule has 0 aliphatic rings. The predicted octanol–water partition coefficient (Wildman–Crippen LogP) is 2.95. The second kappa shape index (κ2) is 5.84. The summed E-state index contributed by atoms with van der Waals surface area (Å²) in [4.78, 5) is 17.1. The van der Waals surface area contributed by atoms with Gasteiger partial charge in [0.25, 0.3) is 0 Å².